The largest absolute Gasteiger partial charge is 0.315 e. The third-order valence-corrected chi connectivity index (χ3v) is 2.44. The maximum atomic E-state index is 12.9. The Hall–Kier alpha value is -0.930. The van der Waals surface area contributed by atoms with E-state index in [9.17, 15) is 4.39 Å². The Labute approximate surface area is 97.5 Å². The second-order valence-electron chi connectivity index (χ2n) is 4.12. The Bertz CT molecular complexity index is 302. The number of benzene rings is 1. The number of rotatable bonds is 7. The Morgan fingerprint density at radius 1 is 1.31 bits per heavy atom. The minimum Gasteiger partial charge on any atom is -0.315 e. The molecule has 16 heavy (non-hydrogen) atoms. The van der Waals surface area contributed by atoms with E-state index >= 15 is 0 Å². The van der Waals surface area contributed by atoms with Crippen LogP contribution in [-0.4, -0.2) is 31.6 Å². The van der Waals surface area contributed by atoms with Crippen molar-refractivity contribution in [3.63, 3.8) is 0 Å². The SMILES string of the molecule is CCCNCCN(C)Cc1cccc(F)c1. The molecule has 0 saturated heterocycles. The van der Waals surface area contributed by atoms with Gasteiger partial charge in [0.1, 0.15) is 5.82 Å². The summed E-state index contributed by atoms with van der Waals surface area (Å²) in [6.45, 7) is 5.99. The molecule has 1 N–H and O–H groups in total. The molecule has 0 atom stereocenters. The molecule has 2 nitrogen and oxygen atoms in total. The van der Waals surface area contributed by atoms with Crippen molar-refractivity contribution in [1.82, 2.24) is 10.2 Å². The molecule has 1 aromatic carbocycles. The highest BCUT2D eigenvalue weighted by Gasteiger charge is 2.00. The summed E-state index contributed by atoms with van der Waals surface area (Å²) in [5.74, 6) is -0.157. The van der Waals surface area contributed by atoms with E-state index in [1.54, 1.807) is 12.1 Å². The smallest absolute Gasteiger partial charge is 0.123 e. The highest BCUT2D eigenvalue weighted by molar-refractivity contribution is 5.15. The van der Waals surface area contributed by atoms with E-state index in [-0.39, 0.29) is 5.82 Å². The third kappa shape index (κ3) is 5.24. The fourth-order valence-electron chi connectivity index (χ4n) is 1.60. The maximum absolute atomic E-state index is 12.9. The number of nitrogens with one attached hydrogen (secondary N) is 1. The van der Waals surface area contributed by atoms with Crippen LogP contribution in [0.2, 0.25) is 0 Å². The van der Waals surface area contributed by atoms with Crippen LogP contribution in [0.3, 0.4) is 0 Å². The first-order valence-corrected chi connectivity index (χ1v) is 5.86. The van der Waals surface area contributed by atoms with Gasteiger partial charge in [-0.15, -0.1) is 0 Å². The first-order valence-electron chi connectivity index (χ1n) is 5.86. The fraction of sp³-hybridized carbons (Fsp3) is 0.538. The normalized spacial score (nSPS) is 11.0. The second-order valence-corrected chi connectivity index (χ2v) is 4.12. The van der Waals surface area contributed by atoms with Crippen molar-refractivity contribution in [1.29, 1.82) is 0 Å². The average Bonchev–Trinajstić information content (AvgIpc) is 2.24. The third-order valence-electron chi connectivity index (χ3n) is 2.44. The van der Waals surface area contributed by atoms with Crippen LogP contribution < -0.4 is 5.32 Å². The Kier molecular flexibility index (Phi) is 6.04. The Morgan fingerprint density at radius 2 is 2.12 bits per heavy atom. The Balaban J connectivity index is 2.25. The standard InChI is InChI=1S/C13H21FN2/c1-3-7-15-8-9-16(2)11-12-5-4-6-13(14)10-12/h4-6,10,15H,3,7-9,11H2,1-2H3. The van der Waals surface area contributed by atoms with Crippen molar-refractivity contribution in [2.45, 2.75) is 19.9 Å². The zero-order chi connectivity index (χ0) is 11.8. The van der Waals surface area contributed by atoms with Gasteiger partial charge in [-0.25, -0.2) is 4.39 Å². The van der Waals surface area contributed by atoms with Gasteiger partial charge in [0.05, 0.1) is 0 Å². The summed E-state index contributed by atoms with van der Waals surface area (Å²) in [5.41, 5.74) is 1.03. The zero-order valence-corrected chi connectivity index (χ0v) is 10.2. The topological polar surface area (TPSA) is 15.3 Å². The molecule has 0 radical (unpaired) electrons. The molecule has 0 heterocycles. The highest BCUT2D eigenvalue weighted by Crippen LogP contribution is 2.05. The lowest BCUT2D eigenvalue weighted by molar-refractivity contribution is 0.324. The maximum Gasteiger partial charge on any atom is 0.123 e. The van der Waals surface area contributed by atoms with E-state index < -0.39 is 0 Å². The van der Waals surface area contributed by atoms with Crippen molar-refractivity contribution in [3.8, 4) is 0 Å². The van der Waals surface area contributed by atoms with Gasteiger partial charge in [0, 0.05) is 19.6 Å². The van der Waals surface area contributed by atoms with Crippen molar-refractivity contribution >= 4 is 0 Å². The Morgan fingerprint density at radius 3 is 2.81 bits per heavy atom. The minimum atomic E-state index is -0.157. The van der Waals surface area contributed by atoms with Crippen molar-refractivity contribution in [2.24, 2.45) is 0 Å². The predicted octanol–water partition coefficient (Wildman–Crippen LogP) is 2.26. The summed E-state index contributed by atoms with van der Waals surface area (Å²) >= 11 is 0. The van der Waals surface area contributed by atoms with Gasteiger partial charge in [0.15, 0.2) is 0 Å². The van der Waals surface area contributed by atoms with Crippen molar-refractivity contribution < 1.29 is 4.39 Å². The van der Waals surface area contributed by atoms with Gasteiger partial charge in [-0.1, -0.05) is 19.1 Å². The second kappa shape index (κ2) is 7.36. The van der Waals surface area contributed by atoms with Crippen LogP contribution in [0.5, 0.6) is 0 Å². The molecule has 0 aliphatic carbocycles. The first-order chi connectivity index (χ1) is 7.72. The summed E-state index contributed by atoms with van der Waals surface area (Å²) in [5, 5.41) is 3.35. The molecular weight excluding hydrogens is 203 g/mol. The highest BCUT2D eigenvalue weighted by atomic mass is 19.1. The molecule has 0 fully saturated rings. The lowest BCUT2D eigenvalue weighted by Crippen LogP contribution is -2.29. The van der Waals surface area contributed by atoms with Gasteiger partial charge in [0.25, 0.3) is 0 Å². The summed E-state index contributed by atoms with van der Waals surface area (Å²) in [7, 11) is 2.05. The molecule has 1 aromatic rings. The molecule has 0 bridgehead atoms. The van der Waals surface area contributed by atoms with Crippen LogP contribution in [0.25, 0.3) is 0 Å². The average molecular weight is 224 g/mol. The van der Waals surface area contributed by atoms with Crippen molar-refractivity contribution in [3.05, 3.63) is 35.6 Å². The molecule has 0 unspecified atom stereocenters. The van der Waals surface area contributed by atoms with E-state index in [1.165, 1.54) is 6.07 Å². The minimum absolute atomic E-state index is 0.157. The molecule has 0 amide bonds. The van der Waals surface area contributed by atoms with Gasteiger partial charge in [-0.2, -0.15) is 0 Å². The number of nitrogens with zero attached hydrogens (tertiary/aromatic N) is 1. The molecule has 0 aliphatic heterocycles. The van der Waals surface area contributed by atoms with Crippen LogP contribution in [0, 0.1) is 5.82 Å². The van der Waals surface area contributed by atoms with Crippen LogP contribution in [0.1, 0.15) is 18.9 Å². The summed E-state index contributed by atoms with van der Waals surface area (Å²) in [4.78, 5) is 2.19. The number of hydrogen-bond donors (Lipinski definition) is 1. The lowest BCUT2D eigenvalue weighted by atomic mass is 10.2. The van der Waals surface area contributed by atoms with E-state index in [2.05, 4.69) is 24.2 Å². The number of likely N-dealkylation sites (N-methyl/N-ethyl adjacent to an activating group) is 1. The van der Waals surface area contributed by atoms with Gasteiger partial charge in [-0.05, 0) is 37.7 Å². The van der Waals surface area contributed by atoms with Crippen LogP contribution in [-0.2, 0) is 6.54 Å². The number of halogens is 1. The lowest BCUT2D eigenvalue weighted by Gasteiger charge is -2.16. The van der Waals surface area contributed by atoms with Gasteiger partial charge < -0.3 is 10.2 Å². The monoisotopic (exact) mass is 224 g/mol. The van der Waals surface area contributed by atoms with Crippen molar-refractivity contribution in [2.75, 3.05) is 26.7 Å². The molecule has 90 valence electrons. The van der Waals surface area contributed by atoms with Gasteiger partial charge in [0.2, 0.25) is 0 Å². The summed E-state index contributed by atoms with van der Waals surface area (Å²) < 4.78 is 12.9. The van der Waals surface area contributed by atoms with Crippen LogP contribution >= 0.6 is 0 Å². The number of hydrogen-bond acceptors (Lipinski definition) is 2. The molecule has 0 aliphatic rings. The van der Waals surface area contributed by atoms with Gasteiger partial charge in [-0.3, -0.25) is 0 Å². The molecule has 1 rings (SSSR count). The van der Waals surface area contributed by atoms with E-state index in [1.807, 2.05) is 6.07 Å². The first kappa shape index (κ1) is 13.1. The summed E-state index contributed by atoms with van der Waals surface area (Å²) in [6, 6.07) is 6.79. The molecule has 0 aromatic heterocycles. The molecule has 0 spiro atoms. The van der Waals surface area contributed by atoms with Crippen LogP contribution in [0.4, 0.5) is 4.39 Å². The van der Waals surface area contributed by atoms with Gasteiger partial charge >= 0.3 is 0 Å². The quantitative estimate of drug-likeness (QED) is 0.715. The molecular formula is C13H21FN2. The van der Waals surface area contributed by atoms with E-state index in [0.717, 1.165) is 38.2 Å². The molecule has 3 heteroatoms. The predicted molar refractivity (Wildman–Crippen MR) is 65.9 cm³/mol. The summed E-state index contributed by atoms with van der Waals surface area (Å²) in [6.07, 6.45) is 1.16. The van der Waals surface area contributed by atoms with Crippen LogP contribution in [0.15, 0.2) is 24.3 Å². The molecule has 0 saturated carbocycles. The van der Waals surface area contributed by atoms with E-state index in [0.29, 0.717) is 0 Å². The zero-order valence-electron chi connectivity index (χ0n) is 10.2. The van der Waals surface area contributed by atoms with E-state index in [4.69, 9.17) is 0 Å². The fourth-order valence-corrected chi connectivity index (χ4v) is 1.60.